The van der Waals surface area contributed by atoms with Gasteiger partial charge in [0.05, 0.1) is 12.2 Å². The molecule has 2 saturated carbocycles. The molecule has 8 heteroatoms. The van der Waals surface area contributed by atoms with E-state index in [-0.39, 0.29) is 22.9 Å². The smallest absolute Gasteiger partial charge is 0.218 e. The molecule has 0 radical (unpaired) electrons. The highest BCUT2D eigenvalue weighted by molar-refractivity contribution is 5.38. The van der Waals surface area contributed by atoms with Crippen LogP contribution in [0.4, 0.5) is 0 Å². The SMILES string of the molecule is CC(C)(C)Cc1cnc2c(c1)[C@@H](N)C[C@@]1(CC[C@H]1O)O2.CC(C)(C)Cc1cnc2c(c1)[C@@H](N)C[C@]1(CC[C@@H]1O)O2. The van der Waals surface area contributed by atoms with Gasteiger partial charge in [0.15, 0.2) is 0 Å². The van der Waals surface area contributed by atoms with Crippen molar-refractivity contribution in [1.29, 1.82) is 0 Å². The summed E-state index contributed by atoms with van der Waals surface area (Å²) in [6.45, 7) is 13.3. The molecular weight excluding hydrogens is 504 g/mol. The summed E-state index contributed by atoms with van der Waals surface area (Å²) in [6.07, 6.45) is 9.57. The molecule has 2 spiro atoms. The number of rotatable bonds is 2. The van der Waals surface area contributed by atoms with Crippen LogP contribution >= 0.6 is 0 Å². The summed E-state index contributed by atoms with van der Waals surface area (Å²) in [7, 11) is 0. The highest BCUT2D eigenvalue weighted by Crippen LogP contribution is 2.49. The van der Waals surface area contributed by atoms with Crippen molar-refractivity contribution < 1.29 is 19.7 Å². The summed E-state index contributed by atoms with van der Waals surface area (Å²) in [5.74, 6) is 1.22. The van der Waals surface area contributed by atoms with Crippen molar-refractivity contribution in [3.05, 3.63) is 46.8 Å². The lowest BCUT2D eigenvalue weighted by Crippen LogP contribution is -2.59. The second-order valence-corrected chi connectivity index (χ2v) is 15.0. The molecule has 6 rings (SSSR count). The molecule has 40 heavy (non-hydrogen) atoms. The number of pyridine rings is 2. The van der Waals surface area contributed by atoms with Crippen LogP contribution in [0, 0.1) is 10.8 Å². The van der Waals surface area contributed by atoms with E-state index in [1.54, 1.807) is 0 Å². The van der Waals surface area contributed by atoms with Crippen molar-refractivity contribution in [2.24, 2.45) is 22.3 Å². The van der Waals surface area contributed by atoms with Crippen LogP contribution in [-0.2, 0) is 12.8 Å². The third-order valence-electron chi connectivity index (χ3n) is 8.77. The minimum Gasteiger partial charge on any atom is -0.468 e. The van der Waals surface area contributed by atoms with Crippen LogP contribution < -0.4 is 20.9 Å². The number of fused-ring (bicyclic) bond motifs is 2. The lowest BCUT2D eigenvalue weighted by atomic mass is 9.71. The van der Waals surface area contributed by atoms with Gasteiger partial charge in [0.1, 0.15) is 11.2 Å². The lowest BCUT2D eigenvalue weighted by molar-refractivity contribution is -0.142. The number of ether oxygens (including phenoxy) is 2. The lowest BCUT2D eigenvalue weighted by Gasteiger charge is -2.50. The maximum absolute atomic E-state index is 9.97. The molecule has 2 aromatic heterocycles. The summed E-state index contributed by atoms with van der Waals surface area (Å²) in [4.78, 5) is 8.90. The van der Waals surface area contributed by atoms with Gasteiger partial charge in [-0.05, 0) is 72.6 Å². The maximum Gasteiger partial charge on any atom is 0.218 e. The quantitative estimate of drug-likeness (QED) is 0.421. The van der Waals surface area contributed by atoms with Crippen LogP contribution in [0.5, 0.6) is 11.8 Å². The Balaban J connectivity index is 0.000000161. The summed E-state index contributed by atoms with van der Waals surface area (Å²) in [5, 5.41) is 19.9. The van der Waals surface area contributed by atoms with Crippen molar-refractivity contribution in [2.75, 3.05) is 0 Å². The number of aromatic nitrogens is 2. The number of aliphatic hydroxyl groups is 2. The predicted octanol–water partition coefficient (Wildman–Crippen LogP) is 4.69. The molecule has 0 amide bonds. The summed E-state index contributed by atoms with van der Waals surface area (Å²) < 4.78 is 12.0. The number of aliphatic hydroxyl groups excluding tert-OH is 2. The largest absolute Gasteiger partial charge is 0.468 e. The van der Waals surface area contributed by atoms with Gasteiger partial charge in [-0.25, -0.2) is 9.97 Å². The molecular formula is C32H48N4O4. The van der Waals surface area contributed by atoms with E-state index in [1.807, 2.05) is 12.4 Å². The Bertz CT molecular complexity index is 1140. The van der Waals surface area contributed by atoms with E-state index in [0.29, 0.717) is 24.6 Å². The van der Waals surface area contributed by atoms with E-state index >= 15 is 0 Å². The fourth-order valence-electron chi connectivity index (χ4n) is 6.49. The first kappa shape index (κ1) is 29.2. The molecule has 2 aliphatic heterocycles. The van der Waals surface area contributed by atoms with E-state index in [9.17, 15) is 10.2 Å². The van der Waals surface area contributed by atoms with Crippen molar-refractivity contribution >= 4 is 0 Å². The summed E-state index contributed by atoms with van der Waals surface area (Å²) in [6, 6.07) is 4.05. The minimum atomic E-state index is -0.481. The van der Waals surface area contributed by atoms with Crippen LogP contribution in [0.1, 0.15) is 114 Å². The number of nitrogens with zero attached hydrogens (tertiary/aromatic N) is 2. The van der Waals surface area contributed by atoms with Crippen molar-refractivity contribution in [3.63, 3.8) is 0 Å². The molecule has 2 aliphatic carbocycles. The monoisotopic (exact) mass is 552 g/mol. The average molecular weight is 553 g/mol. The Kier molecular flexibility index (Phi) is 7.48. The van der Waals surface area contributed by atoms with Crippen molar-refractivity contribution in [1.82, 2.24) is 9.97 Å². The molecule has 0 unspecified atom stereocenters. The Morgan fingerprint density at radius 3 is 1.40 bits per heavy atom. The summed E-state index contributed by atoms with van der Waals surface area (Å²) in [5.41, 5.74) is 16.4. The third kappa shape index (κ3) is 5.87. The zero-order valence-electron chi connectivity index (χ0n) is 25.0. The number of nitrogens with two attached hydrogens (primary N) is 2. The maximum atomic E-state index is 9.97. The van der Waals surface area contributed by atoms with Crippen LogP contribution in [0.2, 0.25) is 0 Å². The zero-order valence-corrected chi connectivity index (χ0v) is 25.0. The fraction of sp³-hybridized carbons (Fsp3) is 0.688. The molecule has 0 saturated heterocycles. The van der Waals surface area contributed by atoms with Gasteiger partial charge >= 0.3 is 0 Å². The Morgan fingerprint density at radius 2 is 1.12 bits per heavy atom. The second kappa shape index (κ2) is 10.2. The highest BCUT2D eigenvalue weighted by Gasteiger charge is 2.53. The van der Waals surface area contributed by atoms with Gasteiger partial charge in [-0.15, -0.1) is 0 Å². The van der Waals surface area contributed by atoms with Crippen LogP contribution in [0.15, 0.2) is 24.5 Å². The minimum absolute atomic E-state index is 0.0962. The molecule has 0 aromatic carbocycles. The van der Waals surface area contributed by atoms with Crippen LogP contribution in [0.25, 0.3) is 0 Å². The Morgan fingerprint density at radius 1 is 0.750 bits per heavy atom. The highest BCUT2D eigenvalue weighted by atomic mass is 16.5. The van der Waals surface area contributed by atoms with Crippen LogP contribution in [0.3, 0.4) is 0 Å². The van der Waals surface area contributed by atoms with Gasteiger partial charge in [0.2, 0.25) is 11.8 Å². The molecule has 6 N–H and O–H groups in total. The summed E-state index contributed by atoms with van der Waals surface area (Å²) >= 11 is 0. The zero-order chi connectivity index (χ0) is 29.1. The van der Waals surface area contributed by atoms with Gasteiger partial charge in [0, 0.05) is 48.4 Å². The molecule has 8 nitrogen and oxygen atoms in total. The van der Waals surface area contributed by atoms with Crippen LogP contribution in [-0.4, -0.2) is 43.6 Å². The van der Waals surface area contributed by atoms with Gasteiger partial charge in [-0.2, -0.15) is 0 Å². The molecule has 0 bridgehead atoms. The molecule has 2 fully saturated rings. The van der Waals surface area contributed by atoms with E-state index in [1.165, 1.54) is 11.1 Å². The molecule has 2 aromatic rings. The molecule has 4 aliphatic rings. The van der Waals surface area contributed by atoms with Gasteiger partial charge in [0.25, 0.3) is 0 Å². The first-order chi connectivity index (χ1) is 18.6. The van der Waals surface area contributed by atoms with Gasteiger partial charge < -0.3 is 31.2 Å². The van der Waals surface area contributed by atoms with E-state index in [2.05, 4.69) is 63.6 Å². The fourth-order valence-corrected chi connectivity index (χ4v) is 6.49. The van der Waals surface area contributed by atoms with Gasteiger partial charge in [-0.1, -0.05) is 41.5 Å². The van der Waals surface area contributed by atoms with E-state index in [0.717, 1.165) is 49.7 Å². The first-order valence-electron chi connectivity index (χ1n) is 14.8. The first-order valence-corrected chi connectivity index (χ1v) is 14.8. The van der Waals surface area contributed by atoms with Gasteiger partial charge in [-0.3, -0.25) is 0 Å². The topological polar surface area (TPSA) is 137 Å². The Labute approximate surface area is 238 Å². The van der Waals surface area contributed by atoms with Crippen molar-refractivity contribution in [2.45, 2.75) is 128 Å². The predicted molar refractivity (Wildman–Crippen MR) is 155 cm³/mol. The Hall–Kier alpha value is -2.26. The average Bonchev–Trinajstić information content (AvgIpc) is 2.86. The standard InChI is InChI=1S/2C16H24N2O2/c2*1-15(2,3)7-10-6-11-12(17)8-16(5-4-13(16)19)20-14(11)18-9-10/h2*6,9,12-13,19H,4-5,7-8,17H2,1-3H3/t12-,13+,16+;12-,13-,16-/m00/s1. The van der Waals surface area contributed by atoms with Crippen molar-refractivity contribution in [3.8, 4) is 11.8 Å². The number of hydrogen-bond acceptors (Lipinski definition) is 8. The molecule has 220 valence electrons. The molecule has 4 heterocycles. The third-order valence-corrected chi connectivity index (χ3v) is 8.77. The normalized spacial score (nSPS) is 32.5. The van der Waals surface area contributed by atoms with E-state index < -0.39 is 23.4 Å². The molecule has 6 atom stereocenters. The van der Waals surface area contributed by atoms with E-state index in [4.69, 9.17) is 20.9 Å². The second-order valence-electron chi connectivity index (χ2n) is 15.0. The number of hydrogen-bond donors (Lipinski definition) is 4.